The molecule has 0 fully saturated rings. The molecule has 22 heavy (non-hydrogen) atoms. The Hall–Kier alpha value is -2.67. The maximum Gasteiger partial charge on any atom is 0.265 e. The molecule has 0 radical (unpaired) electrons. The van der Waals surface area contributed by atoms with Gasteiger partial charge in [-0.1, -0.05) is 30.3 Å². The van der Waals surface area contributed by atoms with Crippen molar-refractivity contribution in [3.8, 4) is 0 Å². The quantitative estimate of drug-likeness (QED) is 0.705. The summed E-state index contributed by atoms with van der Waals surface area (Å²) in [6.07, 6.45) is 0.498. The van der Waals surface area contributed by atoms with Crippen LogP contribution < -0.4 is 16.2 Å². The van der Waals surface area contributed by atoms with Gasteiger partial charge in [0.1, 0.15) is 11.8 Å². The van der Waals surface area contributed by atoms with Gasteiger partial charge < -0.3 is 9.84 Å². The number of anilines is 1. The van der Waals surface area contributed by atoms with E-state index in [1.54, 1.807) is 37.3 Å². The van der Waals surface area contributed by atoms with E-state index in [-0.39, 0.29) is 11.8 Å². The van der Waals surface area contributed by atoms with Crippen molar-refractivity contribution < 1.29 is 14.1 Å². The molecule has 0 aliphatic rings. The van der Waals surface area contributed by atoms with Crippen LogP contribution in [-0.4, -0.2) is 23.0 Å². The molecule has 2 rings (SSSR count). The highest BCUT2D eigenvalue weighted by molar-refractivity contribution is 5.96. The monoisotopic (exact) mass is 302 g/mol. The van der Waals surface area contributed by atoms with E-state index in [0.29, 0.717) is 23.6 Å². The molecule has 1 aromatic heterocycles. The van der Waals surface area contributed by atoms with Crippen molar-refractivity contribution in [2.45, 2.75) is 26.3 Å². The van der Waals surface area contributed by atoms with Crippen molar-refractivity contribution in [1.29, 1.82) is 0 Å². The minimum absolute atomic E-state index is 0.302. The molecule has 1 unspecified atom stereocenters. The zero-order valence-corrected chi connectivity index (χ0v) is 12.4. The number of aromatic nitrogens is 1. The Labute approximate surface area is 128 Å². The minimum Gasteiger partial charge on any atom is -0.360 e. The molecule has 3 N–H and O–H groups in total. The SMILES string of the molecule is CCC(NNC(=O)c1ccccc1)C(=O)Nc1cc(C)on1. The first-order valence-corrected chi connectivity index (χ1v) is 6.95. The van der Waals surface area contributed by atoms with Crippen LogP contribution in [0.5, 0.6) is 0 Å². The van der Waals surface area contributed by atoms with Gasteiger partial charge in [0.05, 0.1) is 0 Å². The molecule has 1 aromatic carbocycles. The molecule has 0 aliphatic carbocycles. The zero-order valence-electron chi connectivity index (χ0n) is 12.4. The van der Waals surface area contributed by atoms with Crippen molar-refractivity contribution >= 4 is 17.6 Å². The number of hydrogen-bond acceptors (Lipinski definition) is 5. The van der Waals surface area contributed by atoms with Gasteiger partial charge in [-0.05, 0) is 25.5 Å². The van der Waals surface area contributed by atoms with E-state index >= 15 is 0 Å². The second kappa shape index (κ2) is 7.37. The molecule has 0 saturated carbocycles. The van der Waals surface area contributed by atoms with E-state index in [1.165, 1.54) is 0 Å². The van der Waals surface area contributed by atoms with E-state index in [0.717, 1.165) is 0 Å². The van der Waals surface area contributed by atoms with E-state index in [9.17, 15) is 9.59 Å². The van der Waals surface area contributed by atoms with Gasteiger partial charge in [-0.2, -0.15) is 0 Å². The summed E-state index contributed by atoms with van der Waals surface area (Å²) in [4.78, 5) is 24.0. The van der Waals surface area contributed by atoms with E-state index in [2.05, 4.69) is 21.3 Å². The number of hydrogen-bond donors (Lipinski definition) is 3. The first-order chi connectivity index (χ1) is 10.6. The average molecular weight is 302 g/mol. The van der Waals surface area contributed by atoms with Crippen LogP contribution in [0.3, 0.4) is 0 Å². The lowest BCUT2D eigenvalue weighted by molar-refractivity contribution is -0.118. The lowest BCUT2D eigenvalue weighted by Crippen LogP contribution is -2.49. The fourth-order valence-corrected chi connectivity index (χ4v) is 1.81. The summed E-state index contributed by atoms with van der Waals surface area (Å²) in [6.45, 7) is 3.57. The molecule has 1 atom stereocenters. The van der Waals surface area contributed by atoms with Crippen molar-refractivity contribution in [1.82, 2.24) is 16.0 Å². The second-order valence-corrected chi connectivity index (χ2v) is 4.74. The number of amides is 2. The molecule has 0 saturated heterocycles. The number of carbonyl (C=O) groups excluding carboxylic acids is 2. The predicted octanol–water partition coefficient (Wildman–Crippen LogP) is 1.63. The largest absolute Gasteiger partial charge is 0.360 e. The Morgan fingerprint density at radius 3 is 2.59 bits per heavy atom. The van der Waals surface area contributed by atoms with Gasteiger partial charge in [0, 0.05) is 11.6 Å². The second-order valence-electron chi connectivity index (χ2n) is 4.74. The van der Waals surface area contributed by atoms with Gasteiger partial charge in [0.25, 0.3) is 5.91 Å². The first-order valence-electron chi connectivity index (χ1n) is 6.95. The van der Waals surface area contributed by atoms with Crippen molar-refractivity contribution in [3.05, 3.63) is 47.7 Å². The van der Waals surface area contributed by atoms with Crippen molar-refractivity contribution in [2.24, 2.45) is 0 Å². The maximum atomic E-state index is 12.1. The molecular weight excluding hydrogens is 284 g/mol. The predicted molar refractivity (Wildman–Crippen MR) is 81.0 cm³/mol. The smallest absolute Gasteiger partial charge is 0.265 e. The topological polar surface area (TPSA) is 96.3 Å². The summed E-state index contributed by atoms with van der Waals surface area (Å²) in [5.41, 5.74) is 5.76. The highest BCUT2D eigenvalue weighted by atomic mass is 16.5. The van der Waals surface area contributed by atoms with Crippen LogP contribution in [0.1, 0.15) is 29.5 Å². The Bertz CT molecular complexity index is 639. The lowest BCUT2D eigenvalue weighted by atomic mass is 10.2. The van der Waals surface area contributed by atoms with E-state index < -0.39 is 6.04 Å². The van der Waals surface area contributed by atoms with Crippen LogP contribution in [-0.2, 0) is 4.79 Å². The minimum atomic E-state index is -0.579. The van der Waals surface area contributed by atoms with E-state index in [4.69, 9.17) is 4.52 Å². The summed E-state index contributed by atoms with van der Waals surface area (Å²) in [6, 6.07) is 9.79. The van der Waals surface area contributed by atoms with Crippen molar-refractivity contribution in [3.63, 3.8) is 0 Å². The van der Waals surface area contributed by atoms with Gasteiger partial charge in [0.15, 0.2) is 5.82 Å². The van der Waals surface area contributed by atoms with Gasteiger partial charge in [-0.15, -0.1) is 0 Å². The number of benzene rings is 1. The number of nitrogens with one attached hydrogen (secondary N) is 3. The number of rotatable bonds is 6. The molecule has 0 aliphatic heterocycles. The first kappa shape index (κ1) is 15.7. The third-order valence-electron chi connectivity index (χ3n) is 3.00. The highest BCUT2D eigenvalue weighted by Gasteiger charge is 2.18. The molecular formula is C15H18N4O3. The molecule has 1 heterocycles. The summed E-state index contributed by atoms with van der Waals surface area (Å²) in [5, 5.41) is 6.31. The fourth-order valence-electron chi connectivity index (χ4n) is 1.81. The molecule has 2 aromatic rings. The van der Waals surface area contributed by atoms with Crippen LogP contribution in [0.4, 0.5) is 5.82 Å². The van der Waals surface area contributed by atoms with Crippen LogP contribution in [0.2, 0.25) is 0 Å². The van der Waals surface area contributed by atoms with Gasteiger partial charge in [0.2, 0.25) is 5.91 Å². The number of carbonyl (C=O) groups is 2. The molecule has 0 spiro atoms. The Balaban J connectivity index is 1.89. The van der Waals surface area contributed by atoms with Crippen LogP contribution in [0.15, 0.2) is 40.9 Å². The Morgan fingerprint density at radius 2 is 2.00 bits per heavy atom. The molecule has 7 nitrogen and oxygen atoms in total. The third kappa shape index (κ3) is 4.16. The Morgan fingerprint density at radius 1 is 1.27 bits per heavy atom. The average Bonchev–Trinajstić information content (AvgIpc) is 2.93. The van der Waals surface area contributed by atoms with Crippen LogP contribution >= 0.6 is 0 Å². The van der Waals surface area contributed by atoms with Crippen molar-refractivity contribution in [2.75, 3.05) is 5.32 Å². The summed E-state index contributed by atoms with van der Waals surface area (Å²) >= 11 is 0. The highest BCUT2D eigenvalue weighted by Crippen LogP contribution is 2.08. The molecule has 7 heteroatoms. The zero-order chi connectivity index (χ0) is 15.9. The molecule has 2 amide bonds. The number of nitrogens with zero attached hydrogens (tertiary/aromatic N) is 1. The summed E-state index contributed by atoms with van der Waals surface area (Å²) in [5.74, 6) is 0.346. The summed E-state index contributed by atoms with van der Waals surface area (Å²) < 4.78 is 4.88. The van der Waals surface area contributed by atoms with Gasteiger partial charge in [-0.3, -0.25) is 15.0 Å². The maximum absolute atomic E-state index is 12.1. The number of aryl methyl sites for hydroxylation is 1. The lowest BCUT2D eigenvalue weighted by Gasteiger charge is -2.16. The van der Waals surface area contributed by atoms with Gasteiger partial charge in [-0.25, -0.2) is 5.43 Å². The third-order valence-corrected chi connectivity index (χ3v) is 3.00. The number of hydrazine groups is 1. The fraction of sp³-hybridized carbons (Fsp3) is 0.267. The van der Waals surface area contributed by atoms with E-state index in [1.807, 2.05) is 13.0 Å². The summed E-state index contributed by atoms with van der Waals surface area (Å²) in [7, 11) is 0. The standard InChI is InChI=1S/C15H18N4O3/c1-3-12(15(21)16-13-9-10(2)22-19-13)17-18-14(20)11-7-5-4-6-8-11/h4-9,12,17H,3H2,1-2H3,(H,18,20)(H,16,19,21). The normalized spacial score (nSPS) is 11.7. The van der Waals surface area contributed by atoms with Crippen LogP contribution in [0, 0.1) is 6.92 Å². The van der Waals surface area contributed by atoms with Gasteiger partial charge >= 0.3 is 0 Å². The van der Waals surface area contributed by atoms with Crippen LogP contribution in [0.25, 0.3) is 0 Å². The Kier molecular flexibility index (Phi) is 5.26. The molecule has 116 valence electrons. The molecule has 0 bridgehead atoms.